The summed E-state index contributed by atoms with van der Waals surface area (Å²) in [6.07, 6.45) is 0.981. The van der Waals surface area contributed by atoms with Crippen molar-refractivity contribution in [1.29, 1.82) is 0 Å². The molecule has 1 rings (SSSR count). The predicted molar refractivity (Wildman–Crippen MR) is 70.3 cm³/mol. The van der Waals surface area contributed by atoms with E-state index in [-0.39, 0.29) is 11.4 Å². The lowest BCUT2D eigenvalue weighted by molar-refractivity contribution is 0.548. The Bertz CT molecular complexity index is 651. The van der Waals surface area contributed by atoms with Crippen molar-refractivity contribution >= 4 is 25.5 Å². The van der Waals surface area contributed by atoms with Gasteiger partial charge in [-0.1, -0.05) is 6.07 Å². The normalized spacial score (nSPS) is 14.3. The number of nitrogens with one attached hydrogen (secondary N) is 1. The molecule has 0 bridgehead atoms. The van der Waals surface area contributed by atoms with Gasteiger partial charge >= 0.3 is 0 Å². The first kappa shape index (κ1) is 15.9. The zero-order valence-corrected chi connectivity index (χ0v) is 12.1. The number of nitrogens with two attached hydrogens (primary N) is 1. The van der Waals surface area contributed by atoms with Crippen molar-refractivity contribution in [3.63, 3.8) is 0 Å². The molecule has 0 fully saturated rings. The van der Waals surface area contributed by atoms with Crippen LogP contribution in [0.2, 0.25) is 0 Å². The van der Waals surface area contributed by atoms with E-state index >= 15 is 0 Å². The fraction of sp³-hybridized carbons (Fsp3) is 0.400. The average molecular weight is 310 g/mol. The molecule has 0 aliphatic carbocycles. The molecule has 0 aromatic heterocycles. The minimum atomic E-state index is -4.21. The van der Waals surface area contributed by atoms with E-state index in [1.165, 1.54) is 19.1 Å². The number of sulfonamides is 1. The van der Waals surface area contributed by atoms with Crippen molar-refractivity contribution in [2.75, 3.05) is 17.7 Å². The molecule has 0 amide bonds. The van der Waals surface area contributed by atoms with Crippen molar-refractivity contribution < 1.29 is 21.2 Å². The molecule has 0 spiro atoms. The largest absolute Gasteiger partial charge is 0.398 e. The molecule has 0 aliphatic heterocycles. The number of anilines is 1. The van der Waals surface area contributed by atoms with Crippen LogP contribution in [0.4, 0.5) is 10.1 Å². The van der Waals surface area contributed by atoms with Crippen LogP contribution in [0.5, 0.6) is 0 Å². The number of sulfone groups is 1. The van der Waals surface area contributed by atoms with Gasteiger partial charge in [-0.05, 0) is 19.1 Å². The summed E-state index contributed by atoms with van der Waals surface area (Å²) in [6, 6.07) is 2.60. The summed E-state index contributed by atoms with van der Waals surface area (Å²) in [5.41, 5.74) is 5.20. The molecule has 1 atom stereocenters. The monoisotopic (exact) mass is 310 g/mol. The van der Waals surface area contributed by atoms with Gasteiger partial charge in [0.15, 0.2) is 0 Å². The van der Waals surface area contributed by atoms with Crippen LogP contribution in [0.25, 0.3) is 0 Å². The predicted octanol–water partition coefficient (Wildman–Crippen LogP) is 0.119. The Hall–Kier alpha value is -1.19. The molecule has 0 heterocycles. The third-order valence-electron chi connectivity index (χ3n) is 2.18. The van der Waals surface area contributed by atoms with E-state index < -0.39 is 36.6 Å². The molecule has 108 valence electrons. The molecule has 0 saturated carbocycles. The van der Waals surface area contributed by atoms with E-state index in [1.54, 1.807) is 0 Å². The Morgan fingerprint density at radius 2 is 1.89 bits per heavy atom. The Labute approximate surface area is 111 Å². The van der Waals surface area contributed by atoms with E-state index in [9.17, 15) is 21.2 Å². The molecule has 1 aromatic carbocycles. The summed E-state index contributed by atoms with van der Waals surface area (Å²) in [4.78, 5) is -0.671. The van der Waals surface area contributed by atoms with E-state index in [0.29, 0.717) is 0 Å². The fourth-order valence-electron chi connectivity index (χ4n) is 1.62. The number of benzene rings is 1. The number of halogens is 1. The Balaban J connectivity index is 3.06. The van der Waals surface area contributed by atoms with Gasteiger partial charge in [-0.25, -0.2) is 25.9 Å². The molecule has 0 aliphatic rings. The first-order valence-corrected chi connectivity index (χ1v) is 8.81. The quantitative estimate of drug-likeness (QED) is 0.751. The SMILES string of the molecule is CC(CS(C)(=O)=O)NS(=O)(=O)c1c(N)cccc1F. The summed E-state index contributed by atoms with van der Waals surface area (Å²) < 4.78 is 61.6. The molecule has 1 aromatic rings. The van der Waals surface area contributed by atoms with Crippen LogP contribution in [0, 0.1) is 5.82 Å². The number of hydrogen-bond donors (Lipinski definition) is 2. The van der Waals surface area contributed by atoms with Gasteiger partial charge in [0.25, 0.3) is 0 Å². The molecule has 0 saturated heterocycles. The molecule has 6 nitrogen and oxygen atoms in total. The van der Waals surface area contributed by atoms with E-state index in [1.807, 2.05) is 0 Å². The third-order valence-corrected chi connectivity index (χ3v) is 4.96. The average Bonchev–Trinajstić information content (AvgIpc) is 2.11. The summed E-state index contributed by atoms with van der Waals surface area (Å²) in [7, 11) is -7.56. The lowest BCUT2D eigenvalue weighted by atomic mass is 10.3. The Morgan fingerprint density at radius 3 is 2.37 bits per heavy atom. The summed E-state index contributed by atoms with van der Waals surface area (Å²) >= 11 is 0. The maximum absolute atomic E-state index is 13.5. The van der Waals surface area contributed by atoms with Gasteiger partial charge in [0, 0.05) is 12.3 Å². The fourth-order valence-corrected chi connectivity index (χ4v) is 4.15. The van der Waals surface area contributed by atoms with Crippen LogP contribution in [-0.2, 0) is 19.9 Å². The summed E-state index contributed by atoms with van der Waals surface area (Å²) in [6.45, 7) is 1.37. The van der Waals surface area contributed by atoms with Gasteiger partial charge in [0.2, 0.25) is 10.0 Å². The molecule has 9 heteroatoms. The molecule has 3 N–H and O–H groups in total. The van der Waals surface area contributed by atoms with Crippen LogP contribution >= 0.6 is 0 Å². The third kappa shape index (κ3) is 4.44. The van der Waals surface area contributed by atoms with Crippen molar-refractivity contribution in [2.24, 2.45) is 0 Å². The highest BCUT2D eigenvalue weighted by Gasteiger charge is 2.25. The number of hydrogen-bond acceptors (Lipinski definition) is 5. The van der Waals surface area contributed by atoms with Gasteiger partial charge in [0.05, 0.1) is 11.4 Å². The minimum absolute atomic E-state index is 0.237. The van der Waals surface area contributed by atoms with Crippen molar-refractivity contribution in [2.45, 2.75) is 17.9 Å². The molecule has 0 radical (unpaired) electrons. The highest BCUT2D eigenvalue weighted by atomic mass is 32.2. The van der Waals surface area contributed by atoms with Crippen molar-refractivity contribution in [3.05, 3.63) is 24.0 Å². The highest BCUT2D eigenvalue weighted by Crippen LogP contribution is 2.21. The molecule has 1 unspecified atom stereocenters. The minimum Gasteiger partial charge on any atom is -0.398 e. The maximum Gasteiger partial charge on any atom is 0.245 e. The van der Waals surface area contributed by atoms with Gasteiger partial charge in [-0.3, -0.25) is 0 Å². The van der Waals surface area contributed by atoms with Gasteiger partial charge < -0.3 is 5.73 Å². The van der Waals surface area contributed by atoms with E-state index in [2.05, 4.69) is 4.72 Å². The first-order valence-electron chi connectivity index (χ1n) is 5.27. The van der Waals surface area contributed by atoms with Crippen LogP contribution in [-0.4, -0.2) is 34.9 Å². The number of rotatable bonds is 5. The van der Waals surface area contributed by atoms with Crippen molar-refractivity contribution in [3.8, 4) is 0 Å². The smallest absolute Gasteiger partial charge is 0.245 e. The molecular weight excluding hydrogens is 295 g/mol. The van der Waals surface area contributed by atoms with Gasteiger partial charge in [0.1, 0.15) is 20.5 Å². The maximum atomic E-state index is 13.5. The Kier molecular flexibility index (Phi) is 4.54. The molecule has 19 heavy (non-hydrogen) atoms. The van der Waals surface area contributed by atoms with E-state index in [0.717, 1.165) is 12.3 Å². The topological polar surface area (TPSA) is 106 Å². The van der Waals surface area contributed by atoms with Gasteiger partial charge in [-0.2, -0.15) is 0 Å². The zero-order valence-electron chi connectivity index (χ0n) is 10.4. The Morgan fingerprint density at radius 1 is 1.32 bits per heavy atom. The second-order valence-corrected chi connectivity index (χ2v) is 8.11. The van der Waals surface area contributed by atoms with Crippen LogP contribution in [0.3, 0.4) is 0 Å². The lowest BCUT2D eigenvalue weighted by Gasteiger charge is -2.14. The second-order valence-electron chi connectivity index (χ2n) is 4.27. The first-order chi connectivity index (χ1) is 8.53. The van der Waals surface area contributed by atoms with Crippen molar-refractivity contribution in [1.82, 2.24) is 4.72 Å². The van der Waals surface area contributed by atoms with E-state index in [4.69, 9.17) is 5.73 Å². The highest BCUT2D eigenvalue weighted by molar-refractivity contribution is 7.91. The van der Waals surface area contributed by atoms with Gasteiger partial charge in [-0.15, -0.1) is 0 Å². The zero-order chi connectivity index (χ0) is 14.8. The second kappa shape index (κ2) is 5.43. The van der Waals surface area contributed by atoms with Crippen LogP contribution < -0.4 is 10.5 Å². The standard InChI is InChI=1S/C10H15FN2O4S2/c1-7(6-18(2,14)15)13-19(16,17)10-8(11)4-3-5-9(10)12/h3-5,7,13H,6,12H2,1-2H3. The summed E-state index contributed by atoms with van der Waals surface area (Å²) in [5, 5.41) is 0. The summed E-state index contributed by atoms with van der Waals surface area (Å²) in [5.74, 6) is -1.38. The lowest BCUT2D eigenvalue weighted by Crippen LogP contribution is -2.37. The number of nitrogen functional groups attached to an aromatic ring is 1. The molecular formula is C10H15FN2O4S2. The van der Waals surface area contributed by atoms with Crippen LogP contribution in [0.1, 0.15) is 6.92 Å². The van der Waals surface area contributed by atoms with Crippen LogP contribution in [0.15, 0.2) is 23.1 Å².